The highest BCUT2D eigenvalue weighted by atomic mass is 16.3. The molecule has 0 bridgehead atoms. The first-order valence-corrected chi connectivity index (χ1v) is 4.94. The predicted molar refractivity (Wildman–Crippen MR) is 61.9 cm³/mol. The van der Waals surface area contributed by atoms with Crippen LogP contribution in [0.4, 0.5) is 5.69 Å². The summed E-state index contributed by atoms with van der Waals surface area (Å²) in [6, 6.07) is 7.85. The van der Waals surface area contributed by atoms with Gasteiger partial charge in [0.1, 0.15) is 0 Å². The summed E-state index contributed by atoms with van der Waals surface area (Å²) >= 11 is 0. The summed E-state index contributed by atoms with van der Waals surface area (Å²) in [5.74, 6) is 0. The Bertz CT molecular complexity index is 494. The summed E-state index contributed by atoms with van der Waals surface area (Å²) in [6.07, 6.45) is 0. The summed E-state index contributed by atoms with van der Waals surface area (Å²) in [5, 5.41) is 13.5. The number of hydrogen-bond acceptors (Lipinski definition) is 3. The van der Waals surface area contributed by atoms with E-state index in [-0.39, 0.29) is 6.61 Å². The second-order valence-electron chi connectivity index (χ2n) is 3.48. The minimum Gasteiger partial charge on any atom is -0.392 e. The molecule has 1 heterocycles. The maximum atomic E-state index is 9.40. The highest BCUT2D eigenvalue weighted by Crippen LogP contribution is 2.26. The summed E-state index contributed by atoms with van der Waals surface area (Å²) in [4.78, 5) is 4.48. The predicted octanol–water partition coefficient (Wildman–Crippen LogP) is 2.08. The first-order chi connectivity index (χ1) is 7.27. The van der Waals surface area contributed by atoms with E-state index >= 15 is 0 Å². The zero-order chi connectivity index (χ0) is 10.8. The largest absolute Gasteiger partial charge is 0.392 e. The van der Waals surface area contributed by atoms with Crippen LogP contribution in [0.15, 0.2) is 24.3 Å². The number of aryl methyl sites for hydroxylation is 1. The molecule has 0 amide bonds. The van der Waals surface area contributed by atoms with Crippen molar-refractivity contribution in [1.82, 2.24) is 4.98 Å². The number of fused-ring (bicyclic) bond motifs is 1. The first-order valence-electron chi connectivity index (χ1n) is 4.94. The van der Waals surface area contributed by atoms with E-state index in [1.807, 2.05) is 38.2 Å². The van der Waals surface area contributed by atoms with Crippen molar-refractivity contribution in [1.29, 1.82) is 0 Å². The molecule has 2 rings (SSSR count). The van der Waals surface area contributed by atoms with E-state index in [4.69, 9.17) is 0 Å². The van der Waals surface area contributed by atoms with Crippen LogP contribution in [0.3, 0.4) is 0 Å². The fraction of sp³-hybridized carbons (Fsp3) is 0.250. The normalized spacial score (nSPS) is 10.6. The van der Waals surface area contributed by atoms with Gasteiger partial charge in [-0.15, -0.1) is 0 Å². The maximum absolute atomic E-state index is 9.40. The van der Waals surface area contributed by atoms with E-state index in [1.54, 1.807) is 0 Å². The molecule has 3 nitrogen and oxygen atoms in total. The molecule has 2 aromatic rings. The van der Waals surface area contributed by atoms with E-state index in [2.05, 4.69) is 10.3 Å². The number of rotatable bonds is 2. The number of hydrogen-bond donors (Lipinski definition) is 2. The van der Waals surface area contributed by atoms with E-state index in [0.29, 0.717) is 0 Å². The molecule has 0 aliphatic rings. The van der Waals surface area contributed by atoms with Crippen LogP contribution in [0, 0.1) is 6.92 Å². The average molecular weight is 202 g/mol. The number of para-hydroxylation sites is 1. The maximum Gasteiger partial charge on any atom is 0.0710 e. The van der Waals surface area contributed by atoms with Crippen LogP contribution >= 0.6 is 0 Å². The topological polar surface area (TPSA) is 45.2 Å². The number of pyridine rings is 1. The van der Waals surface area contributed by atoms with Crippen LogP contribution in [0.25, 0.3) is 10.9 Å². The monoisotopic (exact) mass is 202 g/mol. The molecule has 0 saturated heterocycles. The Morgan fingerprint density at radius 2 is 2.07 bits per heavy atom. The second kappa shape index (κ2) is 3.87. The molecule has 2 N–H and O–H groups in total. The molecule has 0 spiro atoms. The summed E-state index contributed by atoms with van der Waals surface area (Å²) < 4.78 is 0. The van der Waals surface area contributed by atoms with E-state index < -0.39 is 0 Å². The van der Waals surface area contributed by atoms with Gasteiger partial charge in [0.25, 0.3) is 0 Å². The Labute approximate surface area is 88.8 Å². The van der Waals surface area contributed by atoms with Crippen molar-refractivity contribution < 1.29 is 5.11 Å². The third kappa shape index (κ3) is 1.55. The van der Waals surface area contributed by atoms with Gasteiger partial charge in [-0.1, -0.05) is 18.2 Å². The van der Waals surface area contributed by atoms with Crippen LogP contribution in [-0.4, -0.2) is 17.1 Å². The zero-order valence-electron chi connectivity index (χ0n) is 8.91. The highest BCUT2D eigenvalue weighted by molar-refractivity contribution is 5.87. The quantitative estimate of drug-likeness (QED) is 0.783. The van der Waals surface area contributed by atoms with Crippen molar-refractivity contribution in [2.24, 2.45) is 0 Å². The molecule has 15 heavy (non-hydrogen) atoms. The van der Waals surface area contributed by atoms with Gasteiger partial charge < -0.3 is 10.4 Å². The van der Waals surface area contributed by atoms with Crippen molar-refractivity contribution in [2.45, 2.75) is 13.5 Å². The smallest absolute Gasteiger partial charge is 0.0710 e. The van der Waals surface area contributed by atoms with Crippen molar-refractivity contribution in [3.63, 3.8) is 0 Å². The lowest BCUT2D eigenvalue weighted by atomic mass is 10.1. The molecule has 0 atom stereocenters. The molecule has 0 aliphatic heterocycles. The SMILES string of the molecule is CNc1c(C)nc2ccccc2c1CO. The summed E-state index contributed by atoms with van der Waals surface area (Å²) in [7, 11) is 1.85. The summed E-state index contributed by atoms with van der Waals surface area (Å²) in [5.41, 5.74) is 3.69. The Kier molecular flexibility index (Phi) is 2.56. The van der Waals surface area contributed by atoms with Crippen LogP contribution in [0.1, 0.15) is 11.3 Å². The number of benzene rings is 1. The molecule has 0 saturated carbocycles. The van der Waals surface area contributed by atoms with Crippen LogP contribution in [0.5, 0.6) is 0 Å². The lowest BCUT2D eigenvalue weighted by molar-refractivity contribution is 0.284. The molecule has 0 unspecified atom stereocenters. The summed E-state index contributed by atoms with van der Waals surface area (Å²) in [6.45, 7) is 1.97. The van der Waals surface area contributed by atoms with Gasteiger partial charge in [0.15, 0.2) is 0 Å². The Balaban J connectivity index is 2.84. The lowest BCUT2D eigenvalue weighted by Crippen LogP contribution is -2.01. The van der Waals surface area contributed by atoms with E-state index in [0.717, 1.165) is 27.8 Å². The number of anilines is 1. The molecule has 0 radical (unpaired) electrons. The Morgan fingerprint density at radius 3 is 2.73 bits per heavy atom. The molecule has 1 aromatic heterocycles. The van der Waals surface area contributed by atoms with Crippen LogP contribution in [-0.2, 0) is 6.61 Å². The third-order valence-corrected chi connectivity index (χ3v) is 2.59. The molecular formula is C12H14N2O. The molecule has 78 valence electrons. The van der Waals surface area contributed by atoms with Gasteiger partial charge in [-0.2, -0.15) is 0 Å². The average Bonchev–Trinajstić information content (AvgIpc) is 2.27. The van der Waals surface area contributed by atoms with Gasteiger partial charge in [-0.05, 0) is 13.0 Å². The molecular weight excluding hydrogens is 188 g/mol. The number of aromatic nitrogens is 1. The van der Waals surface area contributed by atoms with Gasteiger partial charge in [0, 0.05) is 18.0 Å². The Morgan fingerprint density at radius 1 is 1.33 bits per heavy atom. The van der Waals surface area contributed by atoms with Crippen molar-refractivity contribution in [3.8, 4) is 0 Å². The van der Waals surface area contributed by atoms with Gasteiger partial charge in [-0.3, -0.25) is 4.98 Å². The fourth-order valence-corrected chi connectivity index (χ4v) is 1.91. The molecule has 0 fully saturated rings. The van der Waals surface area contributed by atoms with Gasteiger partial charge in [0.05, 0.1) is 23.5 Å². The molecule has 0 aliphatic carbocycles. The number of aliphatic hydroxyl groups excluding tert-OH is 1. The van der Waals surface area contributed by atoms with Gasteiger partial charge in [0.2, 0.25) is 0 Å². The van der Waals surface area contributed by atoms with Crippen molar-refractivity contribution in [2.75, 3.05) is 12.4 Å². The second-order valence-corrected chi connectivity index (χ2v) is 3.48. The van der Waals surface area contributed by atoms with E-state index in [1.165, 1.54) is 0 Å². The van der Waals surface area contributed by atoms with Crippen LogP contribution in [0.2, 0.25) is 0 Å². The molecule has 3 heteroatoms. The van der Waals surface area contributed by atoms with Crippen molar-refractivity contribution in [3.05, 3.63) is 35.5 Å². The minimum absolute atomic E-state index is 0.0278. The van der Waals surface area contributed by atoms with Crippen LogP contribution < -0.4 is 5.32 Å². The number of nitrogens with zero attached hydrogens (tertiary/aromatic N) is 1. The molecule has 1 aromatic carbocycles. The van der Waals surface area contributed by atoms with Gasteiger partial charge >= 0.3 is 0 Å². The Hall–Kier alpha value is -1.61. The fourth-order valence-electron chi connectivity index (χ4n) is 1.91. The first kappa shape index (κ1) is 9.93. The zero-order valence-corrected chi connectivity index (χ0v) is 8.91. The standard InChI is InChI=1S/C12H14N2O/c1-8-12(13-2)10(7-15)9-5-3-4-6-11(9)14-8/h3-6,13,15H,7H2,1-2H3. The highest BCUT2D eigenvalue weighted by Gasteiger charge is 2.09. The minimum atomic E-state index is 0.0278. The van der Waals surface area contributed by atoms with Gasteiger partial charge in [-0.25, -0.2) is 0 Å². The van der Waals surface area contributed by atoms with Crippen molar-refractivity contribution >= 4 is 16.6 Å². The number of nitrogens with one attached hydrogen (secondary N) is 1. The van der Waals surface area contributed by atoms with E-state index in [9.17, 15) is 5.11 Å². The number of aliphatic hydroxyl groups is 1. The lowest BCUT2D eigenvalue weighted by Gasteiger charge is -2.12. The third-order valence-electron chi connectivity index (χ3n) is 2.59.